The maximum Gasteiger partial charge on any atom is 0.232 e. The largest absolute Gasteiger partial charge is 0.399 e. The number of nitrogens with one attached hydrogen (secondary N) is 1. The summed E-state index contributed by atoms with van der Waals surface area (Å²) in [6, 6.07) is 6.71. The smallest absolute Gasteiger partial charge is 0.232 e. The first-order valence-electron chi connectivity index (χ1n) is 5.14. The van der Waals surface area contributed by atoms with Crippen LogP contribution in [0.4, 0.5) is 5.69 Å². The number of carbonyl (C=O) groups excluding carboxylic acids is 1. The third kappa shape index (κ3) is 4.02. The van der Waals surface area contributed by atoms with Crippen molar-refractivity contribution in [3.05, 3.63) is 24.3 Å². The lowest BCUT2D eigenvalue weighted by molar-refractivity contribution is -0.118. The van der Waals surface area contributed by atoms with Gasteiger partial charge in [0.05, 0.1) is 10.8 Å². The summed E-state index contributed by atoms with van der Waals surface area (Å²) in [7, 11) is -1.29. The molecule has 0 bridgehead atoms. The molecule has 1 amide bonds. The third-order valence-corrected chi connectivity index (χ3v) is 3.30. The van der Waals surface area contributed by atoms with Crippen LogP contribution in [0.3, 0.4) is 0 Å². The molecular weight excluding hydrogens is 224 g/mol. The van der Waals surface area contributed by atoms with Crippen molar-refractivity contribution >= 4 is 22.4 Å². The van der Waals surface area contributed by atoms with E-state index >= 15 is 0 Å². The van der Waals surface area contributed by atoms with E-state index in [9.17, 15) is 9.00 Å². The molecule has 0 aromatic heterocycles. The Balaban J connectivity index is 2.52. The van der Waals surface area contributed by atoms with Crippen molar-refractivity contribution in [1.82, 2.24) is 5.32 Å². The first-order valence-corrected chi connectivity index (χ1v) is 6.46. The van der Waals surface area contributed by atoms with Gasteiger partial charge in [-0.1, -0.05) is 6.92 Å². The maximum atomic E-state index is 11.7. The highest BCUT2D eigenvalue weighted by Gasteiger charge is 2.09. The number of nitrogens with two attached hydrogens (primary N) is 1. The molecule has 0 fully saturated rings. The van der Waals surface area contributed by atoms with E-state index < -0.39 is 10.8 Å². The second kappa shape index (κ2) is 6.27. The van der Waals surface area contributed by atoms with E-state index in [0.717, 1.165) is 6.42 Å². The molecule has 88 valence electrons. The van der Waals surface area contributed by atoms with E-state index in [1.807, 2.05) is 6.92 Å². The van der Waals surface area contributed by atoms with Gasteiger partial charge in [-0.15, -0.1) is 0 Å². The fourth-order valence-electron chi connectivity index (χ4n) is 1.14. The van der Waals surface area contributed by atoms with Crippen LogP contribution < -0.4 is 11.1 Å². The van der Waals surface area contributed by atoms with Crippen LogP contribution in [0.5, 0.6) is 0 Å². The highest BCUT2D eigenvalue weighted by Crippen LogP contribution is 2.09. The summed E-state index contributed by atoms with van der Waals surface area (Å²) in [5, 5.41) is 2.69. The van der Waals surface area contributed by atoms with Gasteiger partial charge in [0.1, 0.15) is 5.75 Å². The number of hydrogen-bond donors (Lipinski definition) is 2. The fourth-order valence-corrected chi connectivity index (χ4v) is 2.08. The number of hydrogen-bond acceptors (Lipinski definition) is 3. The average molecular weight is 240 g/mol. The number of amides is 1. The SMILES string of the molecule is CCCNC(=O)CS(=O)c1ccc(N)cc1. The van der Waals surface area contributed by atoms with Crippen molar-refractivity contribution in [3.8, 4) is 0 Å². The molecule has 1 aromatic rings. The number of carbonyl (C=O) groups is 1. The van der Waals surface area contributed by atoms with Gasteiger partial charge in [-0.25, -0.2) is 0 Å². The van der Waals surface area contributed by atoms with Crippen molar-refractivity contribution in [1.29, 1.82) is 0 Å². The maximum absolute atomic E-state index is 11.7. The average Bonchev–Trinajstić information content (AvgIpc) is 2.27. The second-order valence-corrected chi connectivity index (χ2v) is 4.86. The predicted molar refractivity (Wildman–Crippen MR) is 65.4 cm³/mol. The third-order valence-electron chi connectivity index (χ3n) is 1.98. The van der Waals surface area contributed by atoms with Gasteiger partial charge in [0.25, 0.3) is 0 Å². The minimum Gasteiger partial charge on any atom is -0.399 e. The number of benzene rings is 1. The highest BCUT2D eigenvalue weighted by molar-refractivity contribution is 7.85. The van der Waals surface area contributed by atoms with Crippen LogP contribution in [0, 0.1) is 0 Å². The van der Waals surface area contributed by atoms with Crippen LogP contribution in [-0.2, 0) is 15.6 Å². The van der Waals surface area contributed by atoms with Gasteiger partial charge in [0, 0.05) is 17.1 Å². The Hall–Kier alpha value is -1.36. The first-order chi connectivity index (χ1) is 7.63. The van der Waals surface area contributed by atoms with Crippen LogP contribution >= 0.6 is 0 Å². The number of anilines is 1. The summed E-state index contributed by atoms with van der Waals surface area (Å²) < 4.78 is 11.7. The molecule has 1 unspecified atom stereocenters. The topological polar surface area (TPSA) is 72.2 Å². The van der Waals surface area contributed by atoms with Gasteiger partial charge in [-0.05, 0) is 30.7 Å². The molecular formula is C11H16N2O2S. The Bertz CT molecular complexity index is 376. The minimum atomic E-state index is -1.29. The number of rotatable bonds is 5. The summed E-state index contributed by atoms with van der Waals surface area (Å²) in [4.78, 5) is 11.9. The van der Waals surface area contributed by atoms with Crippen molar-refractivity contribution in [2.24, 2.45) is 0 Å². The van der Waals surface area contributed by atoms with Crippen LogP contribution in [0.2, 0.25) is 0 Å². The van der Waals surface area contributed by atoms with Crippen molar-refractivity contribution < 1.29 is 9.00 Å². The molecule has 0 heterocycles. The fraction of sp³-hybridized carbons (Fsp3) is 0.364. The normalized spacial score (nSPS) is 12.1. The Morgan fingerprint density at radius 2 is 2.00 bits per heavy atom. The van der Waals surface area contributed by atoms with Gasteiger partial charge in [0.15, 0.2) is 0 Å². The lowest BCUT2D eigenvalue weighted by Crippen LogP contribution is -2.28. The summed E-state index contributed by atoms with van der Waals surface area (Å²) >= 11 is 0. The van der Waals surface area contributed by atoms with Crippen molar-refractivity contribution in [2.45, 2.75) is 18.2 Å². The zero-order valence-corrected chi connectivity index (χ0v) is 10.0. The monoisotopic (exact) mass is 240 g/mol. The summed E-state index contributed by atoms with van der Waals surface area (Å²) in [6.07, 6.45) is 0.875. The van der Waals surface area contributed by atoms with E-state index in [4.69, 9.17) is 5.73 Å². The standard InChI is InChI=1S/C11H16N2O2S/c1-2-7-13-11(14)8-16(15)10-5-3-9(12)4-6-10/h3-6H,2,7-8,12H2,1H3,(H,13,14). The molecule has 1 rings (SSSR count). The molecule has 5 heteroatoms. The van der Waals surface area contributed by atoms with E-state index in [1.165, 1.54) is 0 Å². The quantitative estimate of drug-likeness (QED) is 0.751. The van der Waals surface area contributed by atoms with Crippen molar-refractivity contribution in [2.75, 3.05) is 18.0 Å². The molecule has 0 spiro atoms. The van der Waals surface area contributed by atoms with E-state index in [-0.39, 0.29) is 11.7 Å². The first kappa shape index (κ1) is 12.7. The van der Waals surface area contributed by atoms with E-state index in [2.05, 4.69) is 5.32 Å². The Morgan fingerprint density at radius 3 is 2.56 bits per heavy atom. The zero-order valence-electron chi connectivity index (χ0n) is 9.23. The highest BCUT2D eigenvalue weighted by atomic mass is 32.2. The molecule has 0 radical (unpaired) electrons. The van der Waals surface area contributed by atoms with Crippen LogP contribution in [0.1, 0.15) is 13.3 Å². The number of nitrogen functional groups attached to an aromatic ring is 1. The Kier molecular flexibility index (Phi) is 4.98. The van der Waals surface area contributed by atoms with E-state index in [1.54, 1.807) is 24.3 Å². The van der Waals surface area contributed by atoms with Crippen LogP contribution in [-0.4, -0.2) is 22.4 Å². The molecule has 0 saturated heterocycles. The molecule has 4 nitrogen and oxygen atoms in total. The molecule has 0 saturated carbocycles. The van der Waals surface area contributed by atoms with Gasteiger partial charge in [0.2, 0.25) is 5.91 Å². The van der Waals surface area contributed by atoms with Gasteiger partial charge < -0.3 is 11.1 Å². The minimum absolute atomic E-state index is 0.00389. The van der Waals surface area contributed by atoms with Crippen LogP contribution in [0.25, 0.3) is 0 Å². The summed E-state index contributed by atoms with van der Waals surface area (Å²) in [5.74, 6) is -0.179. The zero-order chi connectivity index (χ0) is 12.0. The lowest BCUT2D eigenvalue weighted by atomic mass is 10.3. The summed E-state index contributed by atoms with van der Waals surface area (Å²) in [6.45, 7) is 2.59. The predicted octanol–water partition coefficient (Wildman–Crippen LogP) is 0.903. The Labute approximate surface area is 97.7 Å². The molecule has 0 aliphatic carbocycles. The van der Waals surface area contributed by atoms with Gasteiger partial charge in [-0.3, -0.25) is 9.00 Å². The molecule has 1 aromatic carbocycles. The van der Waals surface area contributed by atoms with Gasteiger partial charge in [-0.2, -0.15) is 0 Å². The second-order valence-electron chi connectivity index (χ2n) is 3.41. The summed E-state index contributed by atoms with van der Waals surface area (Å²) in [5.41, 5.74) is 6.14. The molecule has 1 atom stereocenters. The lowest BCUT2D eigenvalue weighted by Gasteiger charge is -2.04. The molecule has 0 aliphatic rings. The Morgan fingerprint density at radius 1 is 1.38 bits per heavy atom. The van der Waals surface area contributed by atoms with Crippen LogP contribution in [0.15, 0.2) is 29.2 Å². The van der Waals surface area contributed by atoms with Gasteiger partial charge >= 0.3 is 0 Å². The van der Waals surface area contributed by atoms with E-state index in [0.29, 0.717) is 17.1 Å². The molecule has 16 heavy (non-hydrogen) atoms. The van der Waals surface area contributed by atoms with Crippen molar-refractivity contribution in [3.63, 3.8) is 0 Å². The molecule has 0 aliphatic heterocycles. The molecule has 3 N–H and O–H groups in total.